The summed E-state index contributed by atoms with van der Waals surface area (Å²) in [5.41, 5.74) is 0.567. The van der Waals surface area contributed by atoms with Gasteiger partial charge in [-0.15, -0.1) is 0 Å². The molecule has 0 bridgehead atoms. The van der Waals surface area contributed by atoms with Crippen molar-refractivity contribution in [2.24, 2.45) is 5.92 Å². The van der Waals surface area contributed by atoms with Crippen LogP contribution in [0.2, 0.25) is 0 Å². The number of carbonyl (C=O) groups is 2. The number of ether oxygens (including phenoxy) is 3. The van der Waals surface area contributed by atoms with E-state index in [0.717, 1.165) is 25.7 Å². The molecule has 30 heavy (non-hydrogen) atoms. The van der Waals surface area contributed by atoms with Crippen molar-refractivity contribution in [3.63, 3.8) is 0 Å². The fourth-order valence-corrected chi connectivity index (χ4v) is 3.75. The fourth-order valence-electron chi connectivity index (χ4n) is 3.75. The van der Waals surface area contributed by atoms with E-state index in [2.05, 4.69) is 24.4 Å². The zero-order chi connectivity index (χ0) is 22.1. The van der Waals surface area contributed by atoms with E-state index in [0.29, 0.717) is 13.0 Å². The highest BCUT2D eigenvalue weighted by Gasteiger charge is 2.35. The number of esters is 1. The highest BCUT2D eigenvalue weighted by atomic mass is 16.6. The van der Waals surface area contributed by atoms with Crippen molar-refractivity contribution in [3.8, 4) is 0 Å². The molecular weight excluding hydrogens is 382 g/mol. The molecule has 1 aromatic rings. The first-order valence-corrected chi connectivity index (χ1v) is 11.0. The first-order chi connectivity index (χ1) is 14.2. The Balaban J connectivity index is 2.14. The lowest BCUT2D eigenvalue weighted by molar-refractivity contribution is -0.155. The topological polar surface area (TPSA) is 73.9 Å². The summed E-state index contributed by atoms with van der Waals surface area (Å²) in [6.45, 7) is 10.1. The van der Waals surface area contributed by atoms with E-state index in [1.807, 2.05) is 25.1 Å². The summed E-state index contributed by atoms with van der Waals surface area (Å²) in [7, 11) is 0. The molecule has 0 unspecified atom stereocenters. The Bertz CT molecular complexity index is 670. The lowest BCUT2D eigenvalue weighted by Crippen LogP contribution is -2.45. The molecule has 0 radical (unpaired) electrons. The number of rotatable bonds is 6. The second-order valence-electron chi connectivity index (χ2n) is 9.03. The second-order valence-corrected chi connectivity index (χ2v) is 9.03. The predicted molar refractivity (Wildman–Crippen MR) is 116 cm³/mol. The van der Waals surface area contributed by atoms with Gasteiger partial charge in [-0.1, -0.05) is 37.3 Å². The van der Waals surface area contributed by atoms with Crippen LogP contribution < -0.4 is 5.32 Å². The molecular formula is C24H37NO5. The van der Waals surface area contributed by atoms with Crippen LogP contribution >= 0.6 is 0 Å². The maximum atomic E-state index is 12.8. The van der Waals surface area contributed by atoms with Crippen molar-refractivity contribution >= 4 is 12.1 Å². The number of benzene rings is 1. The van der Waals surface area contributed by atoms with Gasteiger partial charge in [0.05, 0.1) is 6.10 Å². The smallest absolute Gasteiger partial charge is 0.408 e. The van der Waals surface area contributed by atoms with Crippen LogP contribution in [0.15, 0.2) is 30.3 Å². The third-order valence-electron chi connectivity index (χ3n) is 5.19. The lowest BCUT2D eigenvalue weighted by atomic mass is 9.87. The lowest BCUT2D eigenvalue weighted by Gasteiger charge is -2.31. The zero-order valence-electron chi connectivity index (χ0n) is 19.0. The van der Waals surface area contributed by atoms with Crippen LogP contribution in [0.3, 0.4) is 0 Å². The van der Waals surface area contributed by atoms with Crippen LogP contribution in [0.1, 0.15) is 65.9 Å². The summed E-state index contributed by atoms with van der Waals surface area (Å²) in [5, 5.41) is 2.69. The van der Waals surface area contributed by atoms with E-state index in [9.17, 15) is 9.59 Å². The largest absolute Gasteiger partial charge is 0.461 e. The Labute approximate surface area is 180 Å². The van der Waals surface area contributed by atoms with Gasteiger partial charge < -0.3 is 19.5 Å². The average molecular weight is 420 g/mol. The van der Waals surface area contributed by atoms with E-state index >= 15 is 0 Å². The molecule has 1 amide bonds. The van der Waals surface area contributed by atoms with E-state index in [-0.39, 0.29) is 18.1 Å². The van der Waals surface area contributed by atoms with Gasteiger partial charge in [0.2, 0.25) is 0 Å². The maximum Gasteiger partial charge on any atom is 0.408 e. The Morgan fingerprint density at radius 1 is 1.20 bits per heavy atom. The second kappa shape index (κ2) is 11.3. The van der Waals surface area contributed by atoms with Gasteiger partial charge in [0, 0.05) is 12.5 Å². The van der Waals surface area contributed by atoms with Crippen molar-refractivity contribution < 1.29 is 23.8 Å². The molecule has 1 N–H and O–H groups in total. The number of cyclic esters (lactones) is 1. The van der Waals surface area contributed by atoms with E-state index in [4.69, 9.17) is 14.2 Å². The molecule has 4 atom stereocenters. The quantitative estimate of drug-likeness (QED) is 0.680. The fraction of sp³-hybridized carbons (Fsp3) is 0.667. The van der Waals surface area contributed by atoms with Crippen molar-refractivity contribution in [2.45, 2.75) is 90.6 Å². The molecule has 2 rings (SSSR count). The first kappa shape index (κ1) is 24.2. The number of hydrogen-bond donors (Lipinski definition) is 1. The van der Waals surface area contributed by atoms with Crippen molar-refractivity contribution in [1.29, 1.82) is 0 Å². The molecule has 1 fully saturated rings. The first-order valence-electron chi connectivity index (χ1n) is 11.0. The predicted octanol–water partition coefficient (Wildman–Crippen LogP) is 4.65. The summed E-state index contributed by atoms with van der Waals surface area (Å²) in [5.74, 6) is -0.370. The maximum absolute atomic E-state index is 12.8. The molecule has 1 saturated heterocycles. The van der Waals surface area contributed by atoms with Crippen LogP contribution in [0, 0.1) is 5.92 Å². The Kier molecular flexibility index (Phi) is 9.15. The van der Waals surface area contributed by atoms with E-state index in [1.165, 1.54) is 5.56 Å². The monoisotopic (exact) mass is 419 g/mol. The minimum Gasteiger partial charge on any atom is -0.461 e. The molecule has 0 spiro atoms. The van der Waals surface area contributed by atoms with Crippen molar-refractivity contribution in [2.75, 3.05) is 6.61 Å². The van der Waals surface area contributed by atoms with Gasteiger partial charge in [0.25, 0.3) is 0 Å². The molecule has 0 aliphatic carbocycles. The Morgan fingerprint density at radius 3 is 2.53 bits per heavy atom. The molecule has 6 heteroatoms. The highest BCUT2D eigenvalue weighted by molar-refractivity contribution is 5.81. The van der Waals surface area contributed by atoms with Crippen LogP contribution in [-0.4, -0.2) is 42.5 Å². The summed E-state index contributed by atoms with van der Waals surface area (Å²) in [6, 6.07) is 9.49. The van der Waals surface area contributed by atoms with Gasteiger partial charge in [0.15, 0.2) is 0 Å². The summed E-state index contributed by atoms with van der Waals surface area (Å²) >= 11 is 0. The van der Waals surface area contributed by atoms with Crippen molar-refractivity contribution in [3.05, 3.63) is 35.9 Å². The minimum absolute atomic E-state index is 0.00627. The summed E-state index contributed by atoms with van der Waals surface area (Å²) in [4.78, 5) is 25.0. The van der Waals surface area contributed by atoms with Gasteiger partial charge >= 0.3 is 12.1 Å². The summed E-state index contributed by atoms with van der Waals surface area (Å²) in [6.07, 6.45) is 2.83. The van der Waals surface area contributed by atoms with Gasteiger partial charge in [-0.05, 0) is 65.4 Å². The van der Waals surface area contributed by atoms with E-state index in [1.54, 1.807) is 20.8 Å². The van der Waals surface area contributed by atoms with Gasteiger partial charge in [-0.3, -0.25) is 0 Å². The van der Waals surface area contributed by atoms with Gasteiger partial charge in [-0.25, -0.2) is 9.59 Å². The normalized spacial score (nSPS) is 25.4. The number of carbonyl (C=O) groups excluding carboxylic acids is 2. The Morgan fingerprint density at radius 2 is 1.90 bits per heavy atom. The minimum atomic E-state index is -0.718. The third kappa shape index (κ3) is 7.98. The molecule has 1 heterocycles. The number of nitrogens with one attached hydrogen (secondary N) is 1. The van der Waals surface area contributed by atoms with E-state index < -0.39 is 23.7 Å². The molecule has 6 nitrogen and oxygen atoms in total. The average Bonchev–Trinajstić information content (AvgIpc) is 2.71. The molecule has 0 aromatic heterocycles. The standard InChI is InChI=1S/C24H37NO5/c1-6-15-28-21-14-10-13-20(25-23(27)30-24(3,4)5)22(26)29-17(2)19(21)16-18-11-8-7-9-12-18/h7-9,11-12,17,19-21H,6,10,13-16H2,1-5H3,(H,25,27)/t17-,19-,20-,21-/m0/s1. The SMILES string of the molecule is CCCO[C@H]1CCC[C@H](NC(=O)OC(C)(C)C)C(=O)O[C@@H](C)[C@@H]1Cc1ccccc1. The van der Waals surface area contributed by atoms with Crippen LogP contribution in [0.5, 0.6) is 0 Å². The third-order valence-corrected chi connectivity index (χ3v) is 5.19. The van der Waals surface area contributed by atoms with Crippen LogP contribution in [-0.2, 0) is 25.4 Å². The van der Waals surface area contributed by atoms with Gasteiger partial charge in [0.1, 0.15) is 17.7 Å². The zero-order valence-corrected chi connectivity index (χ0v) is 19.0. The molecule has 1 aliphatic rings. The summed E-state index contributed by atoms with van der Waals surface area (Å²) < 4.78 is 17.3. The number of hydrogen-bond acceptors (Lipinski definition) is 5. The Hall–Kier alpha value is -2.08. The highest BCUT2D eigenvalue weighted by Crippen LogP contribution is 2.27. The van der Waals surface area contributed by atoms with Crippen molar-refractivity contribution in [1.82, 2.24) is 5.32 Å². The van der Waals surface area contributed by atoms with Gasteiger partial charge in [-0.2, -0.15) is 0 Å². The molecule has 168 valence electrons. The van der Waals surface area contributed by atoms with Crippen LogP contribution in [0.25, 0.3) is 0 Å². The number of alkyl carbamates (subject to hydrolysis) is 1. The van der Waals surface area contributed by atoms with Crippen LogP contribution in [0.4, 0.5) is 4.79 Å². The number of amides is 1. The molecule has 0 saturated carbocycles. The molecule has 1 aliphatic heterocycles. The molecule has 1 aromatic carbocycles.